The van der Waals surface area contributed by atoms with E-state index in [-0.39, 0.29) is 0 Å². The SMILES string of the molecule is CNc1c(C(=O)OC)cnc2c(C)c(Cl)ccc12. The van der Waals surface area contributed by atoms with Gasteiger partial charge in [0.1, 0.15) is 5.56 Å². The number of halogens is 1. The van der Waals surface area contributed by atoms with E-state index in [2.05, 4.69) is 10.3 Å². The van der Waals surface area contributed by atoms with Crippen molar-refractivity contribution >= 4 is 34.2 Å². The Labute approximate surface area is 110 Å². The minimum Gasteiger partial charge on any atom is -0.465 e. The molecule has 0 saturated heterocycles. The van der Waals surface area contributed by atoms with Gasteiger partial charge >= 0.3 is 5.97 Å². The van der Waals surface area contributed by atoms with Crippen LogP contribution in [0.4, 0.5) is 5.69 Å². The number of rotatable bonds is 2. The van der Waals surface area contributed by atoms with Crippen LogP contribution in [0.15, 0.2) is 18.3 Å². The predicted octanol–water partition coefficient (Wildman–Crippen LogP) is 3.02. The van der Waals surface area contributed by atoms with E-state index in [4.69, 9.17) is 16.3 Å². The molecule has 0 unspecified atom stereocenters. The smallest absolute Gasteiger partial charge is 0.341 e. The highest BCUT2D eigenvalue weighted by atomic mass is 35.5. The third kappa shape index (κ3) is 1.88. The van der Waals surface area contributed by atoms with E-state index in [0.717, 1.165) is 16.5 Å². The lowest BCUT2D eigenvalue weighted by atomic mass is 10.1. The summed E-state index contributed by atoms with van der Waals surface area (Å²) in [5.41, 5.74) is 2.78. The first kappa shape index (κ1) is 12.6. The molecule has 0 aliphatic heterocycles. The number of nitrogens with one attached hydrogen (secondary N) is 1. The summed E-state index contributed by atoms with van der Waals surface area (Å²) >= 11 is 6.06. The number of esters is 1. The summed E-state index contributed by atoms with van der Waals surface area (Å²) in [4.78, 5) is 16.0. The molecular formula is C13H13ClN2O2. The molecule has 4 nitrogen and oxygen atoms in total. The molecule has 0 spiro atoms. The van der Waals surface area contributed by atoms with Gasteiger partial charge in [0.2, 0.25) is 0 Å². The zero-order chi connectivity index (χ0) is 13.3. The Morgan fingerprint density at radius 1 is 1.44 bits per heavy atom. The molecule has 1 aromatic carbocycles. The Morgan fingerprint density at radius 2 is 2.17 bits per heavy atom. The molecule has 0 amide bonds. The topological polar surface area (TPSA) is 51.2 Å². The molecule has 1 aromatic heterocycles. The first-order valence-electron chi connectivity index (χ1n) is 5.44. The third-order valence-electron chi connectivity index (χ3n) is 2.88. The molecule has 94 valence electrons. The second-order valence-corrected chi connectivity index (χ2v) is 4.26. The first-order chi connectivity index (χ1) is 8.60. The van der Waals surface area contributed by atoms with Gasteiger partial charge in [-0.2, -0.15) is 0 Å². The highest BCUT2D eigenvalue weighted by molar-refractivity contribution is 6.32. The van der Waals surface area contributed by atoms with Crippen molar-refractivity contribution in [1.29, 1.82) is 0 Å². The van der Waals surface area contributed by atoms with E-state index in [9.17, 15) is 4.79 Å². The van der Waals surface area contributed by atoms with Crippen molar-refractivity contribution in [1.82, 2.24) is 4.98 Å². The van der Waals surface area contributed by atoms with Gasteiger partial charge in [-0.1, -0.05) is 11.6 Å². The first-order valence-corrected chi connectivity index (χ1v) is 5.81. The van der Waals surface area contributed by atoms with Crippen LogP contribution in [0.2, 0.25) is 5.02 Å². The van der Waals surface area contributed by atoms with Gasteiger partial charge in [0.05, 0.1) is 18.3 Å². The zero-order valence-electron chi connectivity index (χ0n) is 10.4. The van der Waals surface area contributed by atoms with Gasteiger partial charge in [0.15, 0.2) is 0 Å². The van der Waals surface area contributed by atoms with Crippen molar-refractivity contribution in [3.8, 4) is 0 Å². The lowest BCUT2D eigenvalue weighted by Gasteiger charge is -2.12. The largest absolute Gasteiger partial charge is 0.465 e. The fourth-order valence-electron chi connectivity index (χ4n) is 1.92. The number of nitrogens with zero attached hydrogens (tertiary/aromatic N) is 1. The Bertz CT molecular complexity index is 626. The molecule has 5 heteroatoms. The Morgan fingerprint density at radius 3 is 2.78 bits per heavy atom. The number of ether oxygens (including phenoxy) is 1. The monoisotopic (exact) mass is 264 g/mol. The number of pyridine rings is 1. The number of carbonyl (C=O) groups is 1. The molecule has 0 aliphatic rings. The van der Waals surface area contributed by atoms with Crippen molar-refractivity contribution in [2.75, 3.05) is 19.5 Å². The Kier molecular flexibility index (Phi) is 3.39. The average molecular weight is 265 g/mol. The van der Waals surface area contributed by atoms with E-state index in [1.807, 2.05) is 13.0 Å². The second-order valence-electron chi connectivity index (χ2n) is 3.86. The Balaban J connectivity index is 2.81. The van der Waals surface area contributed by atoms with Crippen LogP contribution in [-0.4, -0.2) is 25.1 Å². The van der Waals surface area contributed by atoms with Gasteiger partial charge < -0.3 is 10.1 Å². The number of fused-ring (bicyclic) bond motifs is 1. The fraction of sp³-hybridized carbons (Fsp3) is 0.231. The molecule has 0 atom stereocenters. The van der Waals surface area contributed by atoms with Crippen LogP contribution in [0.25, 0.3) is 10.9 Å². The van der Waals surface area contributed by atoms with Gasteiger partial charge in [-0.05, 0) is 24.6 Å². The normalized spacial score (nSPS) is 10.4. The Hall–Kier alpha value is -1.81. The maximum Gasteiger partial charge on any atom is 0.341 e. The van der Waals surface area contributed by atoms with E-state index in [0.29, 0.717) is 16.3 Å². The minimum absolute atomic E-state index is 0.411. The molecule has 2 rings (SSSR count). The molecule has 0 saturated carbocycles. The van der Waals surface area contributed by atoms with Gasteiger partial charge in [0, 0.05) is 23.7 Å². The lowest BCUT2D eigenvalue weighted by molar-refractivity contribution is 0.0601. The molecule has 0 bridgehead atoms. The van der Waals surface area contributed by atoms with Gasteiger partial charge in [-0.3, -0.25) is 4.98 Å². The van der Waals surface area contributed by atoms with E-state index in [1.165, 1.54) is 13.3 Å². The molecule has 0 aliphatic carbocycles. The van der Waals surface area contributed by atoms with Crippen LogP contribution in [0.5, 0.6) is 0 Å². The van der Waals surface area contributed by atoms with Crippen LogP contribution in [0.1, 0.15) is 15.9 Å². The molecular weight excluding hydrogens is 252 g/mol. The van der Waals surface area contributed by atoms with Crippen LogP contribution < -0.4 is 5.32 Å². The number of hydrogen-bond acceptors (Lipinski definition) is 4. The van der Waals surface area contributed by atoms with Crippen LogP contribution in [0.3, 0.4) is 0 Å². The number of aromatic nitrogens is 1. The highest BCUT2D eigenvalue weighted by Gasteiger charge is 2.16. The summed E-state index contributed by atoms with van der Waals surface area (Å²) in [6.07, 6.45) is 1.50. The molecule has 18 heavy (non-hydrogen) atoms. The third-order valence-corrected chi connectivity index (χ3v) is 3.29. The van der Waals surface area contributed by atoms with Crippen LogP contribution >= 0.6 is 11.6 Å². The quantitative estimate of drug-likeness (QED) is 0.847. The number of benzene rings is 1. The summed E-state index contributed by atoms with van der Waals surface area (Å²) in [6, 6.07) is 3.64. The number of hydrogen-bond donors (Lipinski definition) is 1. The lowest BCUT2D eigenvalue weighted by Crippen LogP contribution is -2.07. The van der Waals surface area contributed by atoms with Crippen LogP contribution in [-0.2, 0) is 4.74 Å². The highest BCUT2D eigenvalue weighted by Crippen LogP contribution is 2.31. The minimum atomic E-state index is -0.415. The van der Waals surface area contributed by atoms with Crippen molar-refractivity contribution in [3.63, 3.8) is 0 Å². The maximum absolute atomic E-state index is 11.7. The summed E-state index contributed by atoms with van der Waals surface area (Å²) in [6.45, 7) is 1.90. The van der Waals surface area contributed by atoms with Crippen molar-refractivity contribution in [3.05, 3.63) is 34.5 Å². The van der Waals surface area contributed by atoms with E-state index >= 15 is 0 Å². The van der Waals surface area contributed by atoms with Gasteiger partial charge in [-0.15, -0.1) is 0 Å². The number of anilines is 1. The summed E-state index contributed by atoms with van der Waals surface area (Å²) in [5, 5.41) is 4.52. The maximum atomic E-state index is 11.7. The molecule has 1 heterocycles. The summed E-state index contributed by atoms with van der Waals surface area (Å²) in [7, 11) is 3.10. The molecule has 2 aromatic rings. The van der Waals surface area contributed by atoms with Gasteiger partial charge in [0.25, 0.3) is 0 Å². The van der Waals surface area contributed by atoms with Crippen molar-refractivity contribution in [2.45, 2.75) is 6.92 Å². The van der Waals surface area contributed by atoms with E-state index in [1.54, 1.807) is 13.1 Å². The summed E-state index contributed by atoms with van der Waals surface area (Å²) in [5.74, 6) is -0.415. The van der Waals surface area contributed by atoms with Crippen LogP contribution in [0, 0.1) is 6.92 Å². The fourth-order valence-corrected chi connectivity index (χ4v) is 2.07. The summed E-state index contributed by atoms with van der Waals surface area (Å²) < 4.78 is 4.74. The predicted molar refractivity (Wildman–Crippen MR) is 72.4 cm³/mol. The second kappa shape index (κ2) is 4.82. The molecule has 1 N–H and O–H groups in total. The van der Waals surface area contributed by atoms with Crippen molar-refractivity contribution in [2.24, 2.45) is 0 Å². The van der Waals surface area contributed by atoms with Crippen molar-refractivity contribution < 1.29 is 9.53 Å². The molecule has 0 radical (unpaired) electrons. The van der Waals surface area contributed by atoms with Gasteiger partial charge in [-0.25, -0.2) is 4.79 Å². The van der Waals surface area contributed by atoms with E-state index < -0.39 is 5.97 Å². The molecule has 0 fully saturated rings. The number of methoxy groups -OCH3 is 1. The standard InChI is InChI=1S/C13H13ClN2O2/c1-7-10(14)5-4-8-11(7)16-6-9(12(8)15-2)13(17)18-3/h4-6H,1-3H3,(H,15,16). The average Bonchev–Trinajstić information content (AvgIpc) is 2.40. The zero-order valence-corrected chi connectivity index (χ0v) is 11.1. The number of carbonyl (C=O) groups excluding carboxylic acids is 1. The number of aryl methyl sites for hydroxylation is 1.